The van der Waals surface area contributed by atoms with Crippen LogP contribution in [0.1, 0.15) is 17.3 Å². The summed E-state index contributed by atoms with van der Waals surface area (Å²) < 4.78 is 34.9. The molecule has 4 rings (SSSR count). The van der Waals surface area contributed by atoms with Crippen molar-refractivity contribution in [2.75, 3.05) is 11.3 Å². The number of ether oxygens (including phenoxy) is 1. The predicted octanol–water partition coefficient (Wildman–Crippen LogP) is 5.77. The number of amides is 1. The summed E-state index contributed by atoms with van der Waals surface area (Å²) in [7, 11) is -3.92. The quantitative estimate of drug-likeness (QED) is 0.272. The molecule has 0 saturated heterocycles. The molecule has 1 heterocycles. The molecule has 0 aliphatic heterocycles. The van der Waals surface area contributed by atoms with E-state index in [0.717, 1.165) is 11.3 Å². The number of carbonyl (C=O) groups is 2. The van der Waals surface area contributed by atoms with E-state index < -0.39 is 21.9 Å². The Morgan fingerprint density at radius 3 is 2.43 bits per heavy atom. The van der Waals surface area contributed by atoms with E-state index in [1.165, 1.54) is 53.1 Å². The van der Waals surface area contributed by atoms with Gasteiger partial charge in [0.25, 0.3) is 15.9 Å². The second kappa shape index (κ2) is 11.2. The third kappa shape index (κ3) is 6.16. The van der Waals surface area contributed by atoms with Gasteiger partial charge in [-0.2, -0.15) is 4.99 Å². The van der Waals surface area contributed by atoms with Crippen LogP contribution in [0.15, 0.2) is 70.6 Å². The van der Waals surface area contributed by atoms with Gasteiger partial charge in [-0.3, -0.25) is 14.3 Å². The molecule has 192 valence electrons. The van der Waals surface area contributed by atoms with Gasteiger partial charge in [0.2, 0.25) is 0 Å². The van der Waals surface area contributed by atoms with E-state index in [0.29, 0.717) is 25.3 Å². The number of esters is 1. The van der Waals surface area contributed by atoms with Crippen LogP contribution in [-0.2, 0) is 26.1 Å². The molecule has 0 atom stereocenters. The third-order valence-electron chi connectivity index (χ3n) is 5.00. The molecule has 3 aromatic carbocycles. The summed E-state index contributed by atoms with van der Waals surface area (Å²) in [5, 5.41) is 1.11. The number of sulfonamides is 1. The molecular weight excluding hydrogens is 581 g/mol. The Labute approximate surface area is 231 Å². The van der Waals surface area contributed by atoms with E-state index in [-0.39, 0.29) is 34.1 Å². The van der Waals surface area contributed by atoms with Gasteiger partial charge in [-0.05, 0) is 61.5 Å². The van der Waals surface area contributed by atoms with E-state index in [1.807, 2.05) is 0 Å². The summed E-state index contributed by atoms with van der Waals surface area (Å²) in [6, 6.07) is 14.7. The normalized spacial score (nSPS) is 12.1. The van der Waals surface area contributed by atoms with Gasteiger partial charge in [0.05, 0.1) is 31.8 Å². The van der Waals surface area contributed by atoms with Crippen LogP contribution in [0.25, 0.3) is 10.2 Å². The Balaban J connectivity index is 1.72. The van der Waals surface area contributed by atoms with Gasteiger partial charge >= 0.3 is 5.97 Å². The fourth-order valence-corrected chi connectivity index (χ4v) is 6.19. The van der Waals surface area contributed by atoms with Gasteiger partial charge in [-0.1, -0.05) is 52.2 Å². The average molecular weight is 599 g/mol. The lowest BCUT2D eigenvalue weighted by Gasteiger charge is -2.09. The largest absolute Gasteiger partial charge is 0.465 e. The number of hydrogen-bond acceptors (Lipinski definition) is 6. The highest BCUT2D eigenvalue weighted by Crippen LogP contribution is 2.32. The molecule has 4 aromatic rings. The maximum atomic E-state index is 13.1. The van der Waals surface area contributed by atoms with Crippen molar-refractivity contribution in [2.45, 2.75) is 18.4 Å². The first-order valence-corrected chi connectivity index (χ1v) is 14.1. The first-order chi connectivity index (χ1) is 17.6. The van der Waals surface area contributed by atoms with Crippen LogP contribution < -0.4 is 9.52 Å². The molecule has 0 aliphatic rings. The average Bonchev–Trinajstić information content (AvgIpc) is 3.20. The highest BCUT2D eigenvalue weighted by atomic mass is 35.5. The van der Waals surface area contributed by atoms with Gasteiger partial charge < -0.3 is 9.30 Å². The van der Waals surface area contributed by atoms with Crippen LogP contribution in [0.4, 0.5) is 5.69 Å². The van der Waals surface area contributed by atoms with Crippen molar-refractivity contribution >= 4 is 83.9 Å². The van der Waals surface area contributed by atoms with Crippen molar-refractivity contribution in [2.24, 2.45) is 4.99 Å². The molecule has 0 spiro atoms. The number of hydrogen-bond donors (Lipinski definition) is 1. The smallest absolute Gasteiger partial charge is 0.326 e. The summed E-state index contributed by atoms with van der Waals surface area (Å²) in [6.45, 7) is 1.63. The lowest BCUT2D eigenvalue weighted by molar-refractivity contribution is -0.143. The van der Waals surface area contributed by atoms with E-state index in [4.69, 9.17) is 39.5 Å². The molecule has 8 nitrogen and oxygen atoms in total. The zero-order chi connectivity index (χ0) is 26.7. The number of nitrogens with zero attached hydrogens (tertiary/aromatic N) is 2. The summed E-state index contributed by atoms with van der Waals surface area (Å²) in [5.74, 6) is -1.20. The number of fused-ring (bicyclic) bond motifs is 1. The summed E-state index contributed by atoms with van der Waals surface area (Å²) >= 11 is 19.6. The van der Waals surface area contributed by atoms with Crippen LogP contribution in [0.2, 0.25) is 15.1 Å². The Kier molecular flexibility index (Phi) is 8.25. The Morgan fingerprint density at radius 1 is 1.03 bits per heavy atom. The van der Waals surface area contributed by atoms with E-state index in [1.54, 1.807) is 19.1 Å². The van der Waals surface area contributed by atoms with Crippen molar-refractivity contribution in [3.05, 3.63) is 86.1 Å². The molecule has 0 unspecified atom stereocenters. The van der Waals surface area contributed by atoms with Crippen molar-refractivity contribution in [3.8, 4) is 0 Å². The molecule has 0 radical (unpaired) electrons. The van der Waals surface area contributed by atoms with E-state index >= 15 is 0 Å². The Morgan fingerprint density at radius 2 is 1.73 bits per heavy atom. The molecule has 1 amide bonds. The number of anilines is 1. The number of benzene rings is 3. The molecule has 0 fully saturated rings. The minimum Gasteiger partial charge on any atom is -0.465 e. The molecule has 0 bridgehead atoms. The van der Waals surface area contributed by atoms with Gasteiger partial charge in [0, 0.05) is 16.3 Å². The molecule has 37 heavy (non-hydrogen) atoms. The number of nitrogens with one attached hydrogen (secondary N) is 1. The van der Waals surface area contributed by atoms with Crippen molar-refractivity contribution in [3.63, 3.8) is 0 Å². The maximum absolute atomic E-state index is 13.1. The second-order valence-corrected chi connectivity index (χ2v) is 11.5. The summed E-state index contributed by atoms with van der Waals surface area (Å²) in [4.78, 5) is 29.7. The highest BCUT2D eigenvalue weighted by Gasteiger charge is 2.18. The first-order valence-electron chi connectivity index (χ1n) is 10.7. The van der Waals surface area contributed by atoms with Crippen LogP contribution in [0.5, 0.6) is 0 Å². The topological polar surface area (TPSA) is 107 Å². The third-order valence-corrected chi connectivity index (χ3v) is 8.50. The lowest BCUT2D eigenvalue weighted by atomic mass is 10.2. The van der Waals surface area contributed by atoms with Crippen LogP contribution in [0.3, 0.4) is 0 Å². The minimum absolute atomic E-state index is 0.0114. The monoisotopic (exact) mass is 597 g/mol. The predicted molar refractivity (Wildman–Crippen MR) is 145 cm³/mol. The van der Waals surface area contributed by atoms with Crippen LogP contribution >= 0.6 is 46.1 Å². The standard InChI is InChI=1S/C24H18Cl3N3O5S2/c1-2-35-20(31)13-30-21-18(26)10-11-19(27)22(21)36-24(30)28-23(32)14-4-3-5-16(12-14)29-37(33,34)17-8-6-15(25)7-9-17/h3-12,29H,2,13H2,1H3. The van der Waals surface area contributed by atoms with Crippen LogP contribution in [-0.4, -0.2) is 31.5 Å². The molecule has 0 aliphatic carbocycles. The zero-order valence-electron chi connectivity index (χ0n) is 19.1. The summed E-state index contributed by atoms with van der Waals surface area (Å²) in [5.41, 5.74) is 0.731. The minimum atomic E-state index is -3.92. The first kappa shape index (κ1) is 27.2. The molecule has 13 heteroatoms. The van der Waals surface area contributed by atoms with Gasteiger partial charge in [0.1, 0.15) is 6.54 Å². The highest BCUT2D eigenvalue weighted by molar-refractivity contribution is 7.92. The number of aromatic nitrogens is 1. The zero-order valence-corrected chi connectivity index (χ0v) is 23.0. The number of halogens is 3. The van der Waals surface area contributed by atoms with Crippen molar-refractivity contribution in [1.29, 1.82) is 0 Å². The van der Waals surface area contributed by atoms with Gasteiger partial charge in [0.15, 0.2) is 4.80 Å². The van der Waals surface area contributed by atoms with Gasteiger partial charge in [-0.25, -0.2) is 8.42 Å². The fourth-order valence-electron chi connectivity index (χ4n) is 3.37. The fraction of sp³-hybridized carbons (Fsp3) is 0.125. The SMILES string of the molecule is CCOC(=O)Cn1c(=NC(=O)c2cccc(NS(=O)(=O)c3ccc(Cl)cc3)c2)sc2c(Cl)ccc(Cl)c21. The molecule has 0 saturated carbocycles. The molecule has 1 aromatic heterocycles. The number of rotatable bonds is 7. The second-order valence-electron chi connectivity index (χ2n) is 7.54. The van der Waals surface area contributed by atoms with Crippen molar-refractivity contribution in [1.82, 2.24) is 4.57 Å². The van der Waals surface area contributed by atoms with Gasteiger partial charge in [-0.15, -0.1) is 0 Å². The summed E-state index contributed by atoms with van der Waals surface area (Å²) in [6.07, 6.45) is 0. The van der Waals surface area contributed by atoms with Crippen molar-refractivity contribution < 1.29 is 22.7 Å². The maximum Gasteiger partial charge on any atom is 0.326 e. The molecular formula is C24H18Cl3N3O5S2. The lowest BCUT2D eigenvalue weighted by Crippen LogP contribution is -2.23. The number of thiazole rings is 1. The Bertz CT molecular complexity index is 1680. The van der Waals surface area contributed by atoms with E-state index in [2.05, 4.69) is 9.71 Å². The molecule has 1 N–H and O–H groups in total. The van der Waals surface area contributed by atoms with Crippen LogP contribution in [0, 0.1) is 0 Å². The van der Waals surface area contributed by atoms with E-state index in [9.17, 15) is 18.0 Å². The Hall–Kier alpha value is -2.89. The number of carbonyl (C=O) groups excluding carboxylic acids is 2.